The molecule has 4 aromatic rings. The number of benzene rings is 2. The zero-order valence-electron chi connectivity index (χ0n) is 19.3. The zero-order chi connectivity index (χ0) is 25.3. The van der Waals surface area contributed by atoms with Crippen LogP contribution >= 0.6 is 0 Å². The minimum atomic E-state index is -4.77. The second-order valence-electron chi connectivity index (χ2n) is 7.98. The number of methoxy groups -OCH3 is 1. The quantitative estimate of drug-likeness (QED) is 0.430. The first-order valence-corrected chi connectivity index (χ1v) is 10.9. The van der Waals surface area contributed by atoms with Gasteiger partial charge < -0.3 is 10.1 Å². The first-order chi connectivity index (χ1) is 16.6. The summed E-state index contributed by atoms with van der Waals surface area (Å²) in [5.41, 5.74) is -0.131. The summed E-state index contributed by atoms with van der Waals surface area (Å²) in [5.74, 6) is -0.0748. The highest BCUT2D eigenvalue weighted by molar-refractivity contribution is 5.92. The van der Waals surface area contributed by atoms with E-state index in [1.807, 2.05) is 19.1 Å². The molecule has 182 valence electrons. The number of carbonyl (C=O) groups excluding carboxylic acids is 1. The van der Waals surface area contributed by atoms with Gasteiger partial charge in [-0.2, -0.15) is 18.3 Å². The summed E-state index contributed by atoms with van der Waals surface area (Å²) in [4.78, 5) is 25.7. The molecule has 4 rings (SSSR count). The van der Waals surface area contributed by atoms with Crippen LogP contribution in [-0.2, 0) is 23.9 Å². The number of nitrogens with one attached hydrogen (secondary N) is 1. The van der Waals surface area contributed by atoms with Gasteiger partial charge in [-0.15, -0.1) is 0 Å². The summed E-state index contributed by atoms with van der Waals surface area (Å²) in [6, 6.07) is 14.2. The van der Waals surface area contributed by atoms with Crippen molar-refractivity contribution in [3.63, 3.8) is 0 Å². The SMILES string of the molecule is CCc1ccc(-n2nc(C)c3c(C(F)(F)F)cc(=O)n(CC(=O)Nc4cccc(OC)c4)c32)cc1. The molecule has 0 atom stereocenters. The van der Waals surface area contributed by atoms with Crippen molar-refractivity contribution in [2.45, 2.75) is 33.0 Å². The fourth-order valence-electron chi connectivity index (χ4n) is 3.93. The minimum absolute atomic E-state index is 0.0915. The van der Waals surface area contributed by atoms with Crippen LogP contribution in [0.2, 0.25) is 0 Å². The molecular formula is C25H23F3N4O3. The van der Waals surface area contributed by atoms with E-state index in [9.17, 15) is 22.8 Å². The van der Waals surface area contributed by atoms with Crippen molar-refractivity contribution in [1.29, 1.82) is 0 Å². The van der Waals surface area contributed by atoms with Crippen molar-refractivity contribution in [3.8, 4) is 11.4 Å². The molecule has 1 amide bonds. The van der Waals surface area contributed by atoms with E-state index in [-0.39, 0.29) is 16.7 Å². The maximum Gasteiger partial charge on any atom is 0.417 e. The van der Waals surface area contributed by atoms with Gasteiger partial charge in [-0.25, -0.2) is 4.68 Å². The molecule has 2 aromatic carbocycles. The molecule has 35 heavy (non-hydrogen) atoms. The third-order valence-electron chi connectivity index (χ3n) is 5.64. The van der Waals surface area contributed by atoms with Crippen molar-refractivity contribution in [3.05, 3.63) is 81.8 Å². The summed E-state index contributed by atoms with van der Waals surface area (Å²) in [6.45, 7) is 2.92. The average Bonchev–Trinajstić information content (AvgIpc) is 3.17. The van der Waals surface area contributed by atoms with E-state index in [0.717, 1.165) is 16.6 Å². The Labute approximate surface area is 198 Å². The molecule has 0 spiro atoms. The number of fused-ring (bicyclic) bond motifs is 1. The Kier molecular flexibility index (Phi) is 6.38. The topological polar surface area (TPSA) is 78.2 Å². The second kappa shape index (κ2) is 9.28. The Morgan fingerprint density at radius 3 is 2.46 bits per heavy atom. The number of alkyl halides is 3. The molecule has 0 unspecified atom stereocenters. The average molecular weight is 484 g/mol. The van der Waals surface area contributed by atoms with E-state index in [4.69, 9.17) is 4.74 Å². The summed E-state index contributed by atoms with van der Waals surface area (Å²) in [7, 11) is 1.48. The minimum Gasteiger partial charge on any atom is -0.497 e. The van der Waals surface area contributed by atoms with Gasteiger partial charge in [0.15, 0.2) is 0 Å². The molecule has 0 aliphatic rings. The van der Waals surface area contributed by atoms with Gasteiger partial charge in [-0.05, 0) is 43.2 Å². The number of nitrogens with zero attached hydrogens (tertiary/aromatic N) is 3. The summed E-state index contributed by atoms with van der Waals surface area (Å²) in [5, 5.41) is 6.74. The van der Waals surface area contributed by atoms with Crippen LogP contribution in [0.15, 0.2) is 59.4 Å². The largest absolute Gasteiger partial charge is 0.497 e. The number of ether oxygens (including phenoxy) is 1. The Morgan fingerprint density at radius 1 is 1.11 bits per heavy atom. The standard InChI is InChI=1S/C25H23F3N4O3/c1-4-16-8-10-18(11-9-16)32-24-23(15(2)30-32)20(25(26,27)28)13-22(34)31(24)14-21(33)29-17-6-5-7-19(12-17)35-3/h5-13H,4,14H2,1-3H3,(H,29,33). The second-order valence-corrected chi connectivity index (χ2v) is 7.98. The van der Waals surface area contributed by atoms with Crippen molar-refractivity contribution < 1.29 is 22.7 Å². The van der Waals surface area contributed by atoms with E-state index in [2.05, 4.69) is 10.4 Å². The Morgan fingerprint density at radius 2 is 1.83 bits per heavy atom. The molecule has 0 aliphatic heterocycles. The number of aryl methyl sites for hydroxylation is 2. The third kappa shape index (κ3) is 4.77. The van der Waals surface area contributed by atoms with Crippen molar-refractivity contribution in [2.24, 2.45) is 0 Å². The number of aromatic nitrogens is 3. The van der Waals surface area contributed by atoms with E-state index >= 15 is 0 Å². The number of amides is 1. The molecule has 2 aromatic heterocycles. The molecule has 2 heterocycles. The monoisotopic (exact) mass is 484 g/mol. The van der Waals surface area contributed by atoms with Gasteiger partial charge in [0, 0.05) is 17.8 Å². The number of halogens is 3. The lowest BCUT2D eigenvalue weighted by molar-refractivity contribution is -0.136. The van der Waals surface area contributed by atoms with Crippen LogP contribution in [0, 0.1) is 6.92 Å². The highest BCUT2D eigenvalue weighted by Gasteiger charge is 2.36. The first-order valence-electron chi connectivity index (χ1n) is 10.9. The molecule has 0 saturated heterocycles. The molecule has 0 bridgehead atoms. The van der Waals surface area contributed by atoms with Gasteiger partial charge >= 0.3 is 6.18 Å². The molecule has 0 radical (unpaired) electrons. The predicted octanol–water partition coefficient (Wildman–Crippen LogP) is 4.72. The fraction of sp³-hybridized carbons (Fsp3) is 0.240. The van der Waals surface area contributed by atoms with Crippen LogP contribution in [0.4, 0.5) is 18.9 Å². The molecule has 0 fully saturated rings. The molecule has 0 saturated carbocycles. The van der Waals surface area contributed by atoms with Crippen LogP contribution < -0.4 is 15.6 Å². The van der Waals surface area contributed by atoms with E-state index in [1.54, 1.807) is 36.4 Å². The lowest BCUT2D eigenvalue weighted by atomic mass is 10.1. The number of carbonyl (C=O) groups is 1. The van der Waals surface area contributed by atoms with E-state index in [0.29, 0.717) is 23.2 Å². The van der Waals surface area contributed by atoms with Crippen LogP contribution in [0.5, 0.6) is 5.75 Å². The molecular weight excluding hydrogens is 461 g/mol. The number of anilines is 1. The third-order valence-corrected chi connectivity index (χ3v) is 5.64. The van der Waals surface area contributed by atoms with Crippen LogP contribution in [0.3, 0.4) is 0 Å². The summed E-state index contributed by atoms with van der Waals surface area (Å²) in [6.07, 6.45) is -3.99. The van der Waals surface area contributed by atoms with Gasteiger partial charge in [0.1, 0.15) is 17.9 Å². The van der Waals surface area contributed by atoms with E-state index < -0.39 is 29.8 Å². The lowest BCUT2D eigenvalue weighted by Gasteiger charge is -2.15. The van der Waals surface area contributed by atoms with Gasteiger partial charge in [0.25, 0.3) is 5.56 Å². The van der Waals surface area contributed by atoms with Crippen LogP contribution in [0.1, 0.15) is 23.7 Å². The fourth-order valence-corrected chi connectivity index (χ4v) is 3.93. The number of pyridine rings is 1. The first kappa shape index (κ1) is 24.1. The van der Waals surface area contributed by atoms with Gasteiger partial charge in [0.05, 0.1) is 29.4 Å². The van der Waals surface area contributed by atoms with Gasteiger partial charge in [-0.3, -0.25) is 14.2 Å². The Hall–Kier alpha value is -4.08. The highest BCUT2D eigenvalue weighted by Crippen LogP contribution is 2.36. The predicted molar refractivity (Wildman–Crippen MR) is 126 cm³/mol. The Bertz CT molecular complexity index is 1450. The maximum atomic E-state index is 13.9. The summed E-state index contributed by atoms with van der Waals surface area (Å²) < 4.78 is 49.0. The van der Waals surface area contributed by atoms with Crippen LogP contribution in [-0.4, -0.2) is 27.4 Å². The number of hydrogen-bond donors (Lipinski definition) is 1. The summed E-state index contributed by atoms with van der Waals surface area (Å²) >= 11 is 0. The van der Waals surface area contributed by atoms with Crippen molar-refractivity contribution >= 4 is 22.6 Å². The Balaban J connectivity index is 1.86. The highest BCUT2D eigenvalue weighted by atomic mass is 19.4. The van der Waals surface area contributed by atoms with Gasteiger partial charge in [-0.1, -0.05) is 25.1 Å². The number of hydrogen-bond acceptors (Lipinski definition) is 4. The zero-order valence-corrected chi connectivity index (χ0v) is 19.3. The van der Waals surface area contributed by atoms with Gasteiger partial charge in [0.2, 0.25) is 5.91 Å². The normalized spacial score (nSPS) is 11.6. The van der Waals surface area contributed by atoms with Crippen molar-refractivity contribution in [2.75, 3.05) is 12.4 Å². The molecule has 10 heteroatoms. The number of rotatable bonds is 6. The molecule has 0 aliphatic carbocycles. The van der Waals surface area contributed by atoms with E-state index in [1.165, 1.54) is 18.7 Å². The molecule has 1 N–H and O–H groups in total. The lowest BCUT2D eigenvalue weighted by Crippen LogP contribution is -2.30. The molecule has 7 nitrogen and oxygen atoms in total. The van der Waals surface area contributed by atoms with Crippen LogP contribution in [0.25, 0.3) is 16.7 Å². The van der Waals surface area contributed by atoms with Crippen molar-refractivity contribution in [1.82, 2.24) is 14.3 Å². The smallest absolute Gasteiger partial charge is 0.417 e. The maximum absolute atomic E-state index is 13.9.